The number of carbonyl (C=O) groups excluding carboxylic acids is 2. The number of hydrogen-bond acceptors (Lipinski definition) is 3. The third-order valence-electron chi connectivity index (χ3n) is 4.04. The molecule has 0 aromatic heterocycles. The summed E-state index contributed by atoms with van der Waals surface area (Å²) in [5.41, 5.74) is 1.69. The number of rotatable bonds is 8. The van der Waals surface area contributed by atoms with E-state index in [9.17, 15) is 9.59 Å². The molecule has 2 rings (SSSR count). The average Bonchev–Trinajstić information content (AvgIpc) is 3.48. The largest absolute Gasteiger partial charge is 0.357 e. The first-order valence-corrected chi connectivity index (χ1v) is 9.11. The van der Waals surface area contributed by atoms with Gasteiger partial charge in [0.25, 0.3) is 5.91 Å². The summed E-state index contributed by atoms with van der Waals surface area (Å²) in [6.07, 6.45) is 2.03. The van der Waals surface area contributed by atoms with Crippen molar-refractivity contribution in [2.24, 2.45) is 10.9 Å². The fourth-order valence-corrected chi connectivity index (χ4v) is 2.38. The van der Waals surface area contributed by atoms with Crippen LogP contribution in [0.15, 0.2) is 29.3 Å². The molecule has 0 bridgehead atoms. The van der Waals surface area contributed by atoms with Crippen LogP contribution in [-0.4, -0.2) is 56.4 Å². The van der Waals surface area contributed by atoms with Crippen LogP contribution in [0.2, 0.25) is 0 Å². The van der Waals surface area contributed by atoms with E-state index in [-0.39, 0.29) is 41.7 Å². The molecule has 0 radical (unpaired) electrons. The van der Waals surface area contributed by atoms with Crippen LogP contribution in [0.3, 0.4) is 0 Å². The minimum absolute atomic E-state index is 0. The van der Waals surface area contributed by atoms with Crippen LogP contribution in [0.5, 0.6) is 0 Å². The monoisotopic (exact) mass is 487 g/mol. The first-order valence-electron chi connectivity index (χ1n) is 9.11. The lowest BCUT2D eigenvalue weighted by atomic mass is 10.1. The van der Waals surface area contributed by atoms with Gasteiger partial charge in [-0.25, -0.2) is 4.99 Å². The Hall–Kier alpha value is -1.84. The predicted octanol–water partition coefficient (Wildman–Crippen LogP) is 1.59. The maximum absolute atomic E-state index is 11.9. The van der Waals surface area contributed by atoms with E-state index in [0.717, 1.165) is 24.9 Å². The Kier molecular flexibility index (Phi) is 10.1. The van der Waals surface area contributed by atoms with Gasteiger partial charge < -0.3 is 20.9 Å². The van der Waals surface area contributed by atoms with Crippen molar-refractivity contribution in [2.75, 3.05) is 33.7 Å². The van der Waals surface area contributed by atoms with E-state index in [1.165, 1.54) is 0 Å². The third kappa shape index (κ3) is 8.15. The zero-order valence-electron chi connectivity index (χ0n) is 16.2. The molecule has 1 aliphatic carbocycles. The van der Waals surface area contributed by atoms with Crippen LogP contribution in [0, 0.1) is 5.92 Å². The van der Waals surface area contributed by atoms with Gasteiger partial charge in [0.1, 0.15) is 0 Å². The van der Waals surface area contributed by atoms with E-state index in [0.29, 0.717) is 31.2 Å². The first kappa shape index (κ1) is 23.2. The number of benzene rings is 1. The standard InChI is InChI=1S/C19H29N5O2.HI/c1-4-20-19(22-12-11-21-17(25)15-9-10-15)23-13-14-5-7-16(8-6-14)18(26)24(2)3;/h5-8,15H,4,9-13H2,1-3H3,(H,21,25)(H2,20,22,23);1H. The maximum Gasteiger partial charge on any atom is 0.253 e. The highest BCUT2D eigenvalue weighted by Gasteiger charge is 2.28. The number of nitrogens with one attached hydrogen (secondary N) is 3. The van der Waals surface area contributed by atoms with Crippen LogP contribution >= 0.6 is 24.0 Å². The number of halogens is 1. The molecule has 1 fully saturated rings. The highest BCUT2D eigenvalue weighted by Crippen LogP contribution is 2.28. The molecule has 1 aromatic carbocycles. The highest BCUT2D eigenvalue weighted by atomic mass is 127. The van der Waals surface area contributed by atoms with Crippen molar-refractivity contribution >= 4 is 41.8 Å². The average molecular weight is 487 g/mol. The lowest BCUT2D eigenvalue weighted by molar-refractivity contribution is -0.122. The molecule has 0 atom stereocenters. The van der Waals surface area contributed by atoms with Crippen molar-refractivity contribution in [3.63, 3.8) is 0 Å². The Morgan fingerprint density at radius 1 is 1.07 bits per heavy atom. The summed E-state index contributed by atoms with van der Waals surface area (Å²) in [4.78, 5) is 29.6. The molecule has 7 nitrogen and oxygen atoms in total. The van der Waals surface area contributed by atoms with Crippen molar-refractivity contribution in [3.8, 4) is 0 Å². The van der Waals surface area contributed by atoms with Crippen molar-refractivity contribution in [1.82, 2.24) is 20.9 Å². The van der Waals surface area contributed by atoms with Gasteiger partial charge in [0.15, 0.2) is 5.96 Å². The van der Waals surface area contributed by atoms with Gasteiger partial charge in [-0.2, -0.15) is 0 Å². The van der Waals surface area contributed by atoms with E-state index < -0.39 is 0 Å². The minimum atomic E-state index is -0.0108. The second-order valence-electron chi connectivity index (χ2n) is 6.58. The summed E-state index contributed by atoms with van der Waals surface area (Å²) < 4.78 is 0. The zero-order chi connectivity index (χ0) is 18.9. The lowest BCUT2D eigenvalue weighted by Crippen LogP contribution is -2.41. The number of hydrogen-bond donors (Lipinski definition) is 3. The van der Waals surface area contributed by atoms with Crippen LogP contribution < -0.4 is 16.0 Å². The molecule has 150 valence electrons. The zero-order valence-corrected chi connectivity index (χ0v) is 18.6. The molecule has 0 spiro atoms. The van der Waals surface area contributed by atoms with Gasteiger partial charge >= 0.3 is 0 Å². The minimum Gasteiger partial charge on any atom is -0.357 e. The molecule has 0 heterocycles. The number of nitrogens with zero attached hydrogens (tertiary/aromatic N) is 2. The SMILES string of the molecule is CCNC(=NCc1ccc(C(=O)N(C)C)cc1)NCCNC(=O)C1CC1.I. The Morgan fingerprint density at radius 3 is 2.26 bits per heavy atom. The van der Waals surface area contributed by atoms with E-state index in [1.807, 2.05) is 31.2 Å². The second-order valence-corrected chi connectivity index (χ2v) is 6.58. The van der Waals surface area contributed by atoms with Gasteiger partial charge in [-0.3, -0.25) is 9.59 Å². The quantitative estimate of drug-likeness (QED) is 0.225. The van der Waals surface area contributed by atoms with Crippen molar-refractivity contribution in [2.45, 2.75) is 26.3 Å². The molecule has 1 aliphatic rings. The normalized spacial score (nSPS) is 13.4. The molecule has 0 aliphatic heterocycles. The Labute approximate surface area is 178 Å². The number of amides is 2. The second kappa shape index (κ2) is 11.8. The lowest BCUT2D eigenvalue weighted by Gasteiger charge is -2.12. The van der Waals surface area contributed by atoms with Gasteiger partial charge in [-0.1, -0.05) is 12.1 Å². The Morgan fingerprint density at radius 2 is 1.70 bits per heavy atom. The summed E-state index contributed by atoms with van der Waals surface area (Å²) in [6, 6.07) is 7.47. The highest BCUT2D eigenvalue weighted by molar-refractivity contribution is 14.0. The first-order chi connectivity index (χ1) is 12.5. The van der Waals surface area contributed by atoms with Crippen molar-refractivity contribution in [1.29, 1.82) is 0 Å². The van der Waals surface area contributed by atoms with Gasteiger partial charge in [0.2, 0.25) is 5.91 Å². The van der Waals surface area contributed by atoms with E-state index in [1.54, 1.807) is 19.0 Å². The van der Waals surface area contributed by atoms with Crippen molar-refractivity contribution < 1.29 is 9.59 Å². The van der Waals surface area contributed by atoms with Crippen LogP contribution in [0.25, 0.3) is 0 Å². The summed E-state index contributed by atoms with van der Waals surface area (Å²) in [5, 5.41) is 9.32. The summed E-state index contributed by atoms with van der Waals surface area (Å²) in [7, 11) is 3.48. The van der Waals surface area contributed by atoms with E-state index in [2.05, 4.69) is 20.9 Å². The fraction of sp³-hybridized carbons (Fsp3) is 0.526. The van der Waals surface area contributed by atoms with E-state index >= 15 is 0 Å². The fourth-order valence-electron chi connectivity index (χ4n) is 2.38. The summed E-state index contributed by atoms with van der Waals surface area (Å²) in [6.45, 7) is 4.49. The van der Waals surface area contributed by atoms with Gasteiger partial charge in [0, 0.05) is 45.2 Å². The smallest absolute Gasteiger partial charge is 0.253 e. The number of carbonyl (C=O) groups is 2. The molecule has 0 saturated heterocycles. The van der Waals surface area contributed by atoms with Crippen LogP contribution in [0.4, 0.5) is 0 Å². The van der Waals surface area contributed by atoms with Crippen molar-refractivity contribution in [3.05, 3.63) is 35.4 Å². The molecule has 8 heteroatoms. The van der Waals surface area contributed by atoms with Crippen LogP contribution in [0.1, 0.15) is 35.7 Å². The predicted molar refractivity (Wildman–Crippen MR) is 118 cm³/mol. The van der Waals surface area contributed by atoms with Gasteiger partial charge in [-0.05, 0) is 37.5 Å². The van der Waals surface area contributed by atoms with Gasteiger partial charge in [-0.15, -0.1) is 24.0 Å². The molecular weight excluding hydrogens is 457 g/mol. The Balaban J connectivity index is 0.00000364. The third-order valence-corrected chi connectivity index (χ3v) is 4.04. The maximum atomic E-state index is 11.9. The number of aliphatic imine (C=N–C) groups is 1. The molecule has 1 saturated carbocycles. The molecular formula is C19H30IN5O2. The molecule has 1 aromatic rings. The van der Waals surface area contributed by atoms with Gasteiger partial charge in [0.05, 0.1) is 6.54 Å². The molecule has 0 unspecified atom stereocenters. The number of guanidine groups is 1. The molecule has 2 amide bonds. The summed E-state index contributed by atoms with van der Waals surface area (Å²) >= 11 is 0. The van der Waals surface area contributed by atoms with Crippen LogP contribution in [-0.2, 0) is 11.3 Å². The topological polar surface area (TPSA) is 85.8 Å². The Bertz CT molecular complexity index is 642. The molecule has 3 N–H and O–H groups in total. The van der Waals surface area contributed by atoms with E-state index in [4.69, 9.17) is 0 Å². The summed E-state index contributed by atoms with van der Waals surface area (Å²) in [5.74, 6) is 1.09. The molecule has 27 heavy (non-hydrogen) atoms.